The molecular formula is C14H13N5O2. The Labute approximate surface area is 120 Å². The standard InChI is InChI=1S/C14H13N5O2/c1-9(14(20)21)8-19-13(16-17-18-19)11-4-5-12-10(7-11)3-2-6-15-12/h2-7,9H,8H2,1H3,(H,20,21). The van der Waals surface area contributed by atoms with Gasteiger partial charge in [-0.05, 0) is 34.7 Å². The van der Waals surface area contributed by atoms with Crippen LogP contribution in [0.2, 0.25) is 0 Å². The van der Waals surface area contributed by atoms with E-state index in [2.05, 4.69) is 20.5 Å². The van der Waals surface area contributed by atoms with E-state index >= 15 is 0 Å². The number of hydrogen-bond donors (Lipinski definition) is 1. The van der Waals surface area contributed by atoms with Crippen LogP contribution in [-0.4, -0.2) is 36.3 Å². The Hall–Kier alpha value is -2.83. The van der Waals surface area contributed by atoms with E-state index in [-0.39, 0.29) is 6.54 Å². The number of pyridine rings is 1. The van der Waals surface area contributed by atoms with Gasteiger partial charge in [-0.15, -0.1) is 5.10 Å². The van der Waals surface area contributed by atoms with Gasteiger partial charge in [0.15, 0.2) is 5.82 Å². The summed E-state index contributed by atoms with van der Waals surface area (Å²) in [5, 5.41) is 21.5. The van der Waals surface area contributed by atoms with E-state index in [0.29, 0.717) is 5.82 Å². The quantitative estimate of drug-likeness (QED) is 0.781. The number of tetrazole rings is 1. The Kier molecular flexibility index (Phi) is 3.31. The van der Waals surface area contributed by atoms with Crippen LogP contribution in [0.25, 0.3) is 22.3 Å². The molecule has 0 aliphatic rings. The first-order valence-electron chi connectivity index (χ1n) is 6.49. The highest BCUT2D eigenvalue weighted by atomic mass is 16.4. The Morgan fingerprint density at radius 3 is 3.05 bits per heavy atom. The Morgan fingerprint density at radius 1 is 1.38 bits per heavy atom. The maximum atomic E-state index is 11.0. The zero-order valence-electron chi connectivity index (χ0n) is 11.3. The molecule has 21 heavy (non-hydrogen) atoms. The number of benzene rings is 1. The van der Waals surface area contributed by atoms with Crippen LogP contribution in [0.3, 0.4) is 0 Å². The summed E-state index contributed by atoms with van der Waals surface area (Å²) in [5.74, 6) is -0.887. The molecule has 0 radical (unpaired) electrons. The van der Waals surface area contributed by atoms with Crippen LogP contribution in [0, 0.1) is 5.92 Å². The monoisotopic (exact) mass is 283 g/mol. The Morgan fingerprint density at radius 2 is 2.24 bits per heavy atom. The number of hydrogen-bond acceptors (Lipinski definition) is 5. The molecule has 7 heteroatoms. The lowest BCUT2D eigenvalue weighted by molar-refractivity contribution is -0.141. The van der Waals surface area contributed by atoms with Crippen LogP contribution in [0.15, 0.2) is 36.5 Å². The minimum absolute atomic E-state index is 0.225. The molecule has 0 aliphatic heterocycles. The number of carboxylic acids is 1. The summed E-state index contributed by atoms with van der Waals surface area (Å²) in [6.07, 6.45) is 1.74. The van der Waals surface area contributed by atoms with Crippen molar-refractivity contribution in [1.29, 1.82) is 0 Å². The van der Waals surface area contributed by atoms with E-state index in [1.54, 1.807) is 13.1 Å². The molecule has 7 nitrogen and oxygen atoms in total. The van der Waals surface area contributed by atoms with E-state index in [4.69, 9.17) is 5.11 Å². The van der Waals surface area contributed by atoms with E-state index in [9.17, 15) is 4.79 Å². The number of rotatable bonds is 4. The lowest BCUT2D eigenvalue weighted by atomic mass is 10.1. The van der Waals surface area contributed by atoms with Crippen molar-refractivity contribution in [1.82, 2.24) is 25.2 Å². The van der Waals surface area contributed by atoms with Crippen LogP contribution < -0.4 is 0 Å². The maximum absolute atomic E-state index is 11.0. The molecule has 1 N–H and O–H groups in total. The van der Waals surface area contributed by atoms with Crippen molar-refractivity contribution in [2.75, 3.05) is 0 Å². The molecule has 0 amide bonds. The highest BCUT2D eigenvalue weighted by Crippen LogP contribution is 2.21. The second-order valence-corrected chi connectivity index (χ2v) is 4.83. The Bertz CT molecular complexity index is 799. The van der Waals surface area contributed by atoms with Gasteiger partial charge in [0.1, 0.15) is 0 Å². The van der Waals surface area contributed by atoms with Gasteiger partial charge in [-0.25, -0.2) is 4.68 Å². The molecule has 0 bridgehead atoms. The Balaban J connectivity index is 1.99. The van der Waals surface area contributed by atoms with Gasteiger partial charge in [-0.1, -0.05) is 13.0 Å². The van der Waals surface area contributed by atoms with Crippen LogP contribution in [-0.2, 0) is 11.3 Å². The van der Waals surface area contributed by atoms with Gasteiger partial charge in [-0.2, -0.15) is 0 Å². The van der Waals surface area contributed by atoms with Crippen molar-refractivity contribution in [2.24, 2.45) is 5.92 Å². The predicted octanol–water partition coefficient (Wildman–Crippen LogP) is 1.61. The molecule has 2 aromatic heterocycles. The van der Waals surface area contributed by atoms with Gasteiger partial charge in [0, 0.05) is 17.1 Å². The number of fused-ring (bicyclic) bond motifs is 1. The SMILES string of the molecule is CC(Cn1nnnc1-c1ccc2ncccc2c1)C(=O)O. The summed E-state index contributed by atoms with van der Waals surface area (Å²) in [7, 11) is 0. The average molecular weight is 283 g/mol. The molecule has 106 valence electrons. The first-order chi connectivity index (χ1) is 10.1. The number of aliphatic carboxylic acids is 1. The summed E-state index contributed by atoms with van der Waals surface area (Å²) < 4.78 is 1.51. The van der Waals surface area contributed by atoms with Crippen LogP contribution in [0.4, 0.5) is 0 Å². The first kappa shape index (κ1) is 13.2. The summed E-state index contributed by atoms with van der Waals surface area (Å²) in [5.41, 5.74) is 1.72. The molecule has 3 rings (SSSR count). The predicted molar refractivity (Wildman–Crippen MR) is 75.4 cm³/mol. The molecule has 0 aliphatic carbocycles. The molecule has 0 saturated carbocycles. The molecule has 1 unspecified atom stereocenters. The number of nitrogens with zero attached hydrogens (tertiary/aromatic N) is 5. The van der Waals surface area contributed by atoms with Gasteiger partial charge < -0.3 is 5.11 Å². The third kappa shape index (κ3) is 2.58. The highest BCUT2D eigenvalue weighted by Gasteiger charge is 2.16. The number of aromatic nitrogens is 5. The van der Waals surface area contributed by atoms with Gasteiger partial charge in [0.2, 0.25) is 0 Å². The molecular weight excluding hydrogens is 270 g/mol. The van der Waals surface area contributed by atoms with Gasteiger partial charge in [0.25, 0.3) is 0 Å². The molecule has 1 atom stereocenters. The van der Waals surface area contributed by atoms with Crippen molar-refractivity contribution < 1.29 is 9.90 Å². The van der Waals surface area contributed by atoms with Crippen LogP contribution >= 0.6 is 0 Å². The highest BCUT2D eigenvalue weighted by molar-refractivity contribution is 5.83. The normalized spacial score (nSPS) is 12.4. The second-order valence-electron chi connectivity index (χ2n) is 4.83. The summed E-state index contributed by atoms with van der Waals surface area (Å²) in [6, 6.07) is 9.53. The zero-order valence-corrected chi connectivity index (χ0v) is 11.3. The fraction of sp³-hybridized carbons (Fsp3) is 0.214. The first-order valence-corrected chi connectivity index (χ1v) is 6.49. The third-order valence-corrected chi connectivity index (χ3v) is 3.26. The van der Waals surface area contributed by atoms with Gasteiger partial charge in [0.05, 0.1) is 18.0 Å². The molecule has 3 aromatic rings. The number of carboxylic acid groups (broad SMARTS) is 1. The van der Waals surface area contributed by atoms with Crippen molar-refractivity contribution >= 4 is 16.9 Å². The van der Waals surface area contributed by atoms with E-state index in [1.807, 2.05) is 30.3 Å². The van der Waals surface area contributed by atoms with Gasteiger partial charge >= 0.3 is 5.97 Å². The zero-order chi connectivity index (χ0) is 14.8. The molecule has 0 spiro atoms. The second kappa shape index (κ2) is 5.28. The average Bonchev–Trinajstić information content (AvgIpc) is 2.94. The molecule has 0 fully saturated rings. The van der Waals surface area contributed by atoms with E-state index in [0.717, 1.165) is 16.5 Å². The van der Waals surface area contributed by atoms with Crippen molar-refractivity contribution in [3.63, 3.8) is 0 Å². The molecule has 1 aromatic carbocycles. The smallest absolute Gasteiger partial charge is 0.308 e. The third-order valence-electron chi connectivity index (χ3n) is 3.26. The van der Waals surface area contributed by atoms with Crippen molar-refractivity contribution in [3.05, 3.63) is 36.5 Å². The van der Waals surface area contributed by atoms with Crippen LogP contribution in [0.5, 0.6) is 0 Å². The van der Waals surface area contributed by atoms with Gasteiger partial charge in [-0.3, -0.25) is 9.78 Å². The fourth-order valence-corrected chi connectivity index (χ4v) is 2.09. The lowest BCUT2D eigenvalue weighted by Gasteiger charge is -2.08. The topological polar surface area (TPSA) is 93.8 Å². The molecule has 2 heterocycles. The van der Waals surface area contributed by atoms with E-state index in [1.165, 1.54) is 4.68 Å². The maximum Gasteiger partial charge on any atom is 0.308 e. The van der Waals surface area contributed by atoms with Crippen molar-refractivity contribution in [3.8, 4) is 11.4 Å². The van der Waals surface area contributed by atoms with E-state index < -0.39 is 11.9 Å². The minimum Gasteiger partial charge on any atom is -0.481 e. The van der Waals surface area contributed by atoms with Crippen LogP contribution in [0.1, 0.15) is 6.92 Å². The summed E-state index contributed by atoms with van der Waals surface area (Å²) in [4.78, 5) is 15.2. The summed E-state index contributed by atoms with van der Waals surface area (Å²) >= 11 is 0. The molecule has 0 saturated heterocycles. The summed E-state index contributed by atoms with van der Waals surface area (Å²) in [6.45, 7) is 1.85. The fourth-order valence-electron chi connectivity index (χ4n) is 2.09. The van der Waals surface area contributed by atoms with Crippen molar-refractivity contribution in [2.45, 2.75) is 13.5 Å². The lowest BCUT2D eigenvalue weighted by Crippen LogP contribution is -2.18. The largest absolute Gasteiger partial charge is 0.481 e. The minimum atomic E-state index is -0.876. The number of carbonyl (C=O) groups is 1.